The average molecular weight is 454 g/mol. The van der Waals surface area contributed by atoms with E-state index in [1.807, 2.05) is 30.3 Å². The molecule has 3 atom stereocenters. The van der Waals surface area contributed by atoms with Crippen LogP contribution in [0.5, 0.6) is 5.75 Å². The lowest BCUT2D eigenvalue weighted by Crippen LogP contribution is -2.44. The quantitative estimate of drug-likeness (QED) is 0.619. The van der Waals surface area contributed by atoms with Crippen molar-refractivity contribution in [3.63, 3.8) is 0 Å². The highest BCUT2D eigenvalue weighted by atomic mass is 16.6. The van der Waals surface area contributed by atoms with Gasteiger partial charge in [0.15, 0.2) is 0 Å². The molecule has 0 aromatic heterocycles. The Morgan fingerprint density at radius 2 is 1.70 bits per heavy atom. The van der Waals surface area contributed by atoms with Crippen LogP contribution in [0.2, 0.25) is 0 Å². The summed E-state index contributed by atoms with van der Waals surface area (Å²) in [5.41, 5.74) is 0.676. The summed E-state index contributed by atoms with van der Waals surface area (Å²) >= 11 is 0. The third-order valence-corrected chi connectivity index (χ3v) is 5.72. The average Bonchev–Trinajstić information content (AvgIpc) is 3.16. The highest BCUT2D eigenvalue weighted by Crippen LogP contribution is 2.42. The second-order valence-corrected chi connectivity index (χ2v) is 9.13. The van der Waals surface area contributed by atoms with Crippen molar-refractivity contribution in [2.45, 2.75) is 44.8 Å². The first kappa shape index (κ1) is 24.3. The van der Waals surface area contributed by atoms with E-state index in [2.05, 4.69) is 0 Å². The van der Waals surface area contributed by atoms with Crippen LogP contribution in [-0.4, -0.2) is 55.2 Å². The third kappa shape index (κ3) is 5.72. The van der Waals surface area contributed by atoms with Gasteiger partial charge in [0.1, 0.15) is 17.4 Å². The Kier molecular flexibility index (Phi) is 7.41. The van der Waals surface area contributed by atoms with Crippen LogP contribution in [-0.2, 0) is 19.1 Å². The number of carbonyl (C=O) groups excluding carboxylic acids is 3. The van der Waals surface area contributed by atoms with E-state index >= 15 is 0 Å². The predicted molar refractivity (Wildman–Crippen MR) is 123 cm³/mol. The Morgan fingerprint density at radius 1 is 1.00 bits per heavy atom. The van der Waals surface area contributed by atoms with Gasteiger partial charge in [-0.15, -0.1) is 0 Å². The van der Waals surface area contributed by atoms with E-state index in [1.165, 1.54) is 12.0 Å². The summed E-state index contributed by atoms with van der Waals surface area (Å²) in [5.74, 6) is -1.42. The van der Waals surface area contributed by atoms with Gasteiger partial charge in [-0.2, -0.15) is 0 Å². The monoisotopic (exact) mass is 453 g/mol. The van der Waals surface area contributed by atoms with Crippen LogP contribution >= 0.6 is 0 Å². The molecule has 1 aliphatic heterocycles. The lowest BCUT2D eigenvalue weighted by molar-refractivity contribution is -0.157. The van der Waals surface area contributed by atoms with E-state index in [4.69, 9.17) is 14.2 Å². The van der Waals surface area contributed by atoms with Crippen molar-refractivity contribution in [2.75, 3.05) is 20.8 Å². The fraction of sp³-hybridized carbons (Fsp3) is 0.423. The van der Waals surface area contributed by atoms with E-state index in [9.17, 15) is 14.4 Å². The largest absolute Gasteiger partial charge is 0.497 e. The Bertz CT molecular complexity index is 997. The number of amides is 1. The molecule has 0 saturated carbocycles. The van der Waals surface area contributed by atoms with Crippen molar-refractivity contribution in [3.8, 4) is 5.75 Å². The van der Waals surface area contributed by atoms with E-state index in [0.717, 1.165) is 5.56 Å². The molecule has 3 rings (SSSR count). The van der Waals surface area contributed by atoms with Crippen molar-refractivity contribution in [3.05, 3.63) is 65.7 Å². The number of ether oxygens (including phenoxy) is 3. The Balaban J connectivity index is 2.03. The van der Waals surface area contributed by atoms with Gasteiger partial charge in [0.05, 0.1) is 20.6 Å². The van der Waals surface area contributed by atoms with Crippen LogP contribution < -0.4 is 4.74 Å². The van der Waals surface area contributed by atoms with Crippen LogP contribution in [0.3, 0.4) is 0 Å². The number of rotatable bonds is 6. The number of nitrogens with zero attached hydrogens (tertiary/aromatic N) is 1. The minimum atomic E-state index is -0.925. The molecule has 2 aromatic rings. The maximum Gasteiger partial charge on any atom is 0.328 e. The van der Waals surface area contributed by atoms with Crippen LogP contribution in [0.4, 0.5) is 0 Å². The third-order valence-electron chi connectivity index (χ3n) is 5.72. The molecule has 1 aliphatic rings. The molecule has 7 heteroatoms. The van der Waals surface area contributed by atoms with E-state index in [-0.39, 0.29) is 24.8 Å². The Morgan fingerprint density at radius 3 is 2.30 bits per heavy atom. The summed E-state index contributed by atoms with van der Waals surface area (Å²) in [6.45, 7) is 5.64. The molecule has 0 unspecified atom stereocenters. The molecular weight excluding hydrogens is 422 g/mol. The zero-order valence-electron chi connectivity index (χ0n) is 19.7. The van der Waals surface area contributed by atoms with Gasteiger partial charge in [-0.25, -0.2) is 4.79 Å². The van der Waals surface area contributed by atoms with Gasteiger partial charge in [0, 0.05) is 23.9 Å². The van der Waals surface area contributed by atoms with Gasteiger partial charge < -0.3 is 19.1 Å². The van der Waals surface area contributed by atoms with Gasteiger partial charge in [0.25, 0.3) is 5.91 Å². The first-order chi connectivity index (χ1) is 15.6. The van der Waals surface area contributed by atoms with Crippen LogP contribution in [0.15, 0.2) is 54.6 Å². The van der Waals surface area contributed by atoms with Crippen molar-refractivity contribution in [1.82, 2.24) is 4.90 Å². The summed E-state index contributed by atoms with van der Waals surface area (Å²) < 4.78 is 16.0. The number of esters is 2. The minimum absolute atomic E-state index is 0.0303. The van der Waals surface area contributed by atoms with Crippen molar-refractivity contribution < 1.29 is 28.6 Å². The second kappa shape index (κ2) is 10.1. The van der Waals surface area contributed by atoms with Crippen LogP contribution in [0.1, 0.15) is 49.0 Å². The van der Waals surface area contributed by atoms with E-state index in [0.29, 0.717) is 11.3 Å². The SMILES string of the molecule is COC(=O)[C@H]1[C@@H](CC(=O)OC(C)(C)C)[C@@H](c2cccc(OC)c2)CN1C(=O)c1ccccc1. The maximum atomic E-state index is 13.4. The van der Waals surface area contributed by atoms with Crippen LogP contribution in [0, 0.1) is 5.92 Å². The zero-order valence-corrected chi connectivity index (χ0v) is 19.7. The molecule has 2 aromatic carbocycles. The fourth-order valence-electron chi connectivity index (χ4n) is 4.34. The molecule has 0 spiro atoms. The standard InChI is InChI=1S/C26H31NO6/c1-26(2,3)33-22(28)15-20-21(18-12-9-13-19(14-18)31-4)16-27(23(20)25(30)32-5)24(29)17-10-7-6-8-11-17/h6-14,20-21,23H,15-16H2,1-5H3/t20-,21+,23+/m0/s1. The van der Waals surface area contributed by atoms with Crippen LogP contribution in [0.25, 0.3) is 0 Å². The maximum absolute atomic E-state index is 13.4. The minimum Gasteiger partial charge on any atom is -0.497 e. The molecule has 33 heavy (non-hydrogen) atoms. The molecular formula is C26H31NO6. The molecule has 1 heterocycles. The number of likely N-dealkylation sites (tertiary alicyclic amines) is 1. The highest BCUT2D eigenvalue weighted by molar-refractivity contribution is 5.97. The number of methoxy groups -OCH3 is 2. The van der Waals surface area contributed by atoms with E-state index < -0.39 is 29.5 Å². The molecule has 0 radical (unpaired) electrons. The van der Waals surface area contributed by atoms with Crippen molar-refractivity contribution in [1.29, 1.82) is 0 Å². The summed E-state index contributed by atoms with van der Waals surface area (Å²) in [5, 5.41) is 0. The molecule has 7 nitrogen and oxygen atoms in total. The number of carbonyl (C=O) groups is 3. The second-order valence-electron chi connectivity index (χ2n) is 9.13. The Hall–Kier alpha value is -3.35. The molecule has 1 fully saturated rings. The summed E-state index contributed by atoms with van der Waals surface area (Å²) in [6, 6.07) is 15.3. The lowest BCUT2D eigenvalue weighted by Gasteiger charge is -2.27. The number of hydrogen-bond donors (Lipinski definition) is 0. The normalized spacial score (nSPS) is 20.3. The Labute approximate surface area is 194 Å². The number of hydrogen-bond acceptors (Lipinski definition) is 6. The highest BCUT2D eigenvalue weighted by Gasteiger charge is 2.50. The van der Waals surface area contributed by atoms with E-state index in [1.54, 1.807) is 52.1 Å². The molecule has 1 saturated heterocycles. The van der Waals surface area contributed by atoms with Gasteiger partial charge >= 0.3 is 11.9 Å². The molecule has 176 valence electrons. The topological polar surface area (TPSA) is 82.1 Å². The summed E-state index contributed by atoms with van der Waals surface area (Å²) in [6.07, 6.45) is -0.0303. The van der Waals surface area contributed by atoms with Crippen molar-refractivity contribution >= 4 is 17.8 Å². The lowest BCUT2D eigenvalue weighted by atomic mass is 9.83. The summed E-state index contributed by atoms with van der Waals surface area (Å²) in [7, 11) is 2.87. The fourth-order valence-corrected chi connectivity index (χ4v) is 4.34. The van der Waals surface area contributed by atoms with Gasteiger partial charge in [0.2, 0.25) is 0 Å². The first-order valence-corrected chi connectivity index (χ1v) is 10.9. The summed E-state index contributed by atoms with van der Waals surface area (Å²) in [4.78, 5) is 40.7. The van der Waals surface area contributed by atoms with Gasteiger partial charge in [-0.05, 0) is 50.6 Å². The smallest absolute Gasteiger partial charge is 0.328 e. The first-order valence-electron chi connectivity index (χ1n) is 10.9. The number of benzene rings is 2. The predicted octanol–water partition coefficient (Wildman–Crippen LogP) is 3.82. The van der Waals surface area contributed by atoms with Gasteiger partial charge in [-0.1, -0.05) is 30.3 Å². The van der Waals surface area contributed by atoms with Crippen molar-refractivity contribution in [2.24, 2.45) is 5.92 Å². The molecule has 0 bridgehead atoms. The molecule has 0 aliphatic carbocycles. The van der Waals surface area contributed by atoms with Gasteiger partial charge in [-0.3, -0.25) is 9.59 Å². The molecule has 0 N–H and O–H groups in total. The molecule has 1 amide bonds. The zero-order chi connectivity index (χ0) is 24.2.